The lowest BCUT2D eigenvalue weighted by Crippen LogP contribution is -2.43. The molecular formula is C17H23F3N2O2. The van der Waals surface area contributed by atoms with Crippen molar-refractivity contribution in [3.63, 3.8) is 0 Å². The highest BCUT2D eigenvalue weighted by molar-refractivity contribution is 5.79. The Hall–Kier alpha value is -1.76. The quantitative estimate of drug-likeness (QED) is 0.863. The van der Waals surface area contributed by atoms with Crippen LogP contribution in [0.25, 0.3) is 0 Å². The smallest absolute Gasteiger partial charge is 0.419 e. The van der Waals surface area contributed by atoms with E-state index in [4.69, 9.17) is 10.5 Å². The van der Waals surface area contributed by atoms with Crippen LogP contribution in [0.2, 0.25) is 0 Å². The molecule has 134 valence electrons. The molecule has 4 nitrogen and oxygen atoms in total. The van der Waals surface area contributed by atoms with Crippen LogP contribution in [0.4, 0.5) is 13.2 Å². The fraction of sp³-hybridized carbons (Fsp3) is 0.588. The maximum absolute atomic E-state index is 12.9. The van der Waals surface area contributed by atoms with Crippen LogP contribution >= 0.6 is 0 Å². The van der Waals surface area contributed by atoms with Crippen LogP contribution in [0.15, 0.2) is 24.3 Å². The van der Waals surface area contributed by atoms with E-state index in [0.29, 0.717) is 6.42 Å². The number of hydrogen-bond donors (Lipinski definition) is 2. The van der Waals surface area contributed by atoms with Gasteiger partial charge < -0.3 is 15.8 Å². The highest BCUT2D eigenvalue weighted by Crippen LogP contribution is 2.35. The van der Waals surface area contributed by atoms with E-state index in [-0.39, 0.29) is 30.2 Å². The number of nitrogens with one attached hydrogen (secondary N) is 1. The summed E-state index contributed by atoms with van der Waals surface area (Å²) in [6, 6.07) is 4.70. The summed E-state index contributed by atoms with van der Waals surface area (Å²) in [5.74, 6) is -0.463. The van der Waals surface area contributed by atoms with Crippen LogP contribution in [0.3, 0.4) is 0 Å². The first-order valence-corrected chi connectivity index (χ1v) is 8.12. The Morgan fingerprint density at radius 2 is 2.08 bits per heavy atom. The number of halogens is 3. The summed E-state index contributed by atoms with van der Waals surface area (Å²) in [4.78, 5) is 12.2. The molecule has 0 heterocycles. The Morgan fingerprint density at radius 1 is 1.38 bits per heavy atom. The number of nitrogens with two attached hydrogens (primary N) is 1. The van der Waals surface area contributed by atoms with Crippen molar-refractivity contribution in [2.45, 2.75) is 50.9 Å². The molecule has 1 aliphatic rings. The molecule has 24 heavy (non-hydrogen) atoms. The Bertz CT molecular complexity index is 563. The average Bonchev–Trinajstić information content (AvgIpc) is 2.52. The van der Waals surface area contributed by atoms with E-state index >= 15 is 0 Å². The Morgan fingerprint density at radius 3 is 2.75 bits per heavy atom. The van der Waals surface area contributed by atoms with Crippen molar-refractivity contribution in [1.29, 1.82) is 0 Å². The molecular weight excluding hydrogens is 321 g/mol. The first-order chi connectivity index (χ1) is 11.3. The Kier molecular flexibility index (Phi) is 6.10. The van der Waals surface area contributed by atoms with Crippen LogP contribution in [0.5, 0.6) is 5.75 Å². The minimum absolute atomic E-state index is 0.0302. The fourth-order valence-electron chi connectivity index (χ4n) is 2.91. The van der Waals surface area contributed by atoms with Crippen LogP contribution < -0.4 is 15.8 Å². The molecule has 3 atom stereocenters. The van der Waals surface area contributed by atoms with Crippen molar-refractivity contribution in [3.8, 4) is 5.75 Å². The number of para-hydroxylation sites is 1. The number of ether oxygens (including phenoxy) is 1. The minimum atomic E-state index is -4.47. The summed E-state index contributed by atoms with van der Waals surface area (Å²) in [6.07, 6.45) is -1.18. The topological polar surface area (TPSA) is 64.3 Å². The van der Waals surface area contributed by atoms with Gasteiger partial charge in [-0.15, -0.1) is 0 Å². The third-order valence-electron chi connectivity index (χ3n) is 4.16. The molecule has 1 aromatic rings. The summed E-state index contributed by atoms with van der Waals surface area (Å²) < 4.78 is 44.0. The second-order valence-corrected chi connectivity index (χ2v) is 6.34. The summed E-state index contributed by atoms with van der Waals surface area (Å²) in [7, 11) is 0. The van der Waals surface area contributed by atoms with Gasteiger partial charge in [-0.25, -0.2) is 0 Å². The minimum Gasteiger partial charge on any atom is -0.491 e. The standard InChI is InChI=1S/C17H23F3N2O2/c1-11(22-16(23)12-5-4-6-13(21)9-12)10-24-15-8-3-2-7-14(15)17(18,19)20/h2-3,7-8,11-13H,4-6,9-10,21H2,1H3,(H,22,23). The predicted molar refractivity (Wildman–Crippen MR) is 84.5 cm³/mol. The zero-order valence-electron chi connectivity index (χ0n) is 13.6. The van der Waals surface area contributed by atoms with E-state index in [1.54, 1.807) is 6.92 Å². The summed E-state index contributed by atoms with van der Waals surface area (Å²) >= 11 is 0. The molecule has 2 rings (SSSR count). The third-order valence-corrected chi connectivity index (χ3v) is 4.16. The number of alkyl halides is 3. The summed E-state index contributed by atoms with van der Waals surface area (Å²) in [6.45, 7) is 1.68. The van der Waals surface area contributed by atoms with Gasteiger partial charge in [0.2, 0.25) is 5.91 Å². The molecule has 1 fully saturated rings. The highest BCUT2D eigenvalue weighted by Gasteiger charge is 2.34. The second-order valence-electron chi connectivity index (χ2n) is 6.34. The molecule has 1 saturated carbocycles. The zero-order chi connectivity index (χ0) is 17.7. The van der Waals surface area contributed by atoms with Gasteiger partial charge in [-0.1, -0.05) is 18.6 Å². The largest absolute Gasteiger partial charge is 0.491 e. The van der Waals surface area contributed by atoms with Crippen molar-refractivity contribution < 1.29 is 22.7 Å². The Labute approximate surface area is 139 Å². The number of benzene rings is 1. The molecule has 1 aliphatic carbocycles. The lowest BCUT2D eigenvalue weighted by Gasteiger charge is -2.27. The van der Waals surface area contributed by atoms with E-state index in [9.17, 15) is 18.0 Å². The van der Waals surface area contributed by atoms with Crippen molar-refractivity contribution in [1.82, 2.24) is 5.32 Å². The van der Waals surface area contributed by atoms with E-state index in [1.165, 1.54) is 18.2 Å². The van der Waals surface area contributed by atoms with E-state index in [1.807, 2.05) is 0 Å². The zero-order valence-corrected chi connectivity index (χ0v) is 13.6. The normalized spacial score (nSPS) is 22.7. The third kappa shape index (κ3) is 5.12. The number of carbonyl (C=O) groups excluding carboxylic acids is 1. The van der Waals surface area contributed by atoms with Gasteiger partial charge in [-0.2, -0.15) is 13.2 Å². The van der Waals surface area contributed by atoms with E-state index in [0.717, 1.165) is 25.3 Å². The van der Waals surface area contributed by atoms with Gasteiger partial charge in [0.15, 0.2) is 0 Å². The number of rotatable bonds is 5. The van der Waals surface area contributed by atoms with Gasteiger partial charge in [0.05, 0.1) is 11.6 Å². The maximum Gasteiger partial charge on any atom is 0.419 e. The van der Waals surface area contributed by atoms with Crippen LogP contribution in [-0.4, -0.2) is 24.6 Å². The first kappa shape index (κ1) is 18.6. The molecule has 1 aromatic carbocycles. The highest BCUT2D eigenvalue weighted by atomic mass is 19.4. The molecule has 0 bridgehead atoms. The molecule has 0 radical (unpaired) electrons. The van der Waals surface area contributed by atoms with E-state index < -0.39 is 17.8 Å². The van der Waals surface area contributed by atoms with Crippen LogP contribution in [-0.2, 0) is 11.0 Å². The molecule has 0 aliphatic heterocycles. The first-order valence-electron chi connectivity index (χ1n) is 8.12. The second kappa shape index (κ2) is 7.88. The number of amides is 1. The van der Waals surface area contributed by atoms with Gasteiger partial charge in [0.25, 0.3) is 0 Å². The molecule has 7 heteroatoms. The summed E-state index contributed by atoms with van der Waals surface area (Å²) in [5.41, 5.74) is 5.06. The van der Waals surface area contributed by atoms with Crippen molar-refractivity contribution >= 4 is 5.91 Å². The van der Waals surface area contributed by atoms with Gasteiger partial charge in [0.1, 0.15) is 12.4 Å². The van der Waals surface area contributed by atoms with Crippen LogP contribution in [0, 0.1) is 5.92 Å². The van der Waals surface area contributed by atoms with Gasteiger partial charge in [-0.05, 0) is 38.3 Å². The average molecular weight is 344 g/mol. The predicted octanol–water partition coefficient (Wildman–Crippen LogP) is 3.11. The molecule has 1 amide bonds. The lowest BCUT2D eigenvalue weighted by molar-refractivity contribution is -0.139. The van der Waals surface area contributed by atoms with Gasteiger partial charge in [0, 0.05) is 12.0 Å². The molecule has 3 N–H and O–H groups in total. The number of hydrogen-bond acceptors (Lipinski definition) is 3. The van der Waals surface area contributed by atoms with Crippen LogP contribution in [0.1, 0.15) is 38.2 Å². The monoisotopic (exact) mass is 344 g/mol. The summed E-state index contributed by atoms with van der Waals surface area (Å²) in [5, 5.41) is 2.80. The number of carbonyl (C=O) groups is 1. The van der Waals surface area contributed by atoms with Gasteiger partial charge >= 0.3 is 6.18 Å². The molecule has 3 unspecified atom stereocenters. The van der Waals surface area contributed by atoms with Crippen molar-refractivity contribution in [3.05, 3.63) is 29.8 Å². The fourth-order valence-corrected chi connectivity index (χ4v) is 2.91. The molecule has 0 spiro atoms. The van der Waals surface area contributed by atoms with Crippen molar-refractivity contribution in [2.75, 3.05) is 6.61 Å². The molecule has 0 aromatic heterocycles. The Balaban J connectivity index is 1.87. The van der Waals surface area contributed by atoms with E-state index in [2.05, 4.69) is 5.32 Å². The molecule has 0 saturated heterocycles. The lowest BCUT2D eigenvalue weighted by atomic mass is 9.85. The maximum atomic E-state index is 12.9. The van der Waals surface area contributed by atoms with Crippen molar-refractivity contribution in [2.24, 2.45) is 11.7 Å². The SMILES string of the molecule is CC(COc1ccccc1C(F)(F)F)NC(=O)C1CCCC(N)C1. The van der Waals surface area contributed by atoms with Gasteiger partial charge in [-0.3, -0.25) is 4.79 Å².